The Morgan fingerprint density at radius 3 is 2.64 bits per heavy atom. The minimum Gasteiger partial charge on any atom is -0.426 e. The second-order valence-corrected chi connectivity index (χ2v) is 9.13. The first-order valence-corrected chi connectivity index (χ1v) is 12.5. The van der Waals surface area contributed by atoms with Gasteiger partial charge in [-0.3, -0.25) is 9.59 Å². The molecule has 206 valence electrons. The van der Waals surface area contributed by atoms with Gasteiger partial charge in [0.25, 0.3) is 11.8 Å². The van der Waals surface area contributed by atoms with Crippen LogP contribution >= 0.6 is 0 Å². The third kappa shape index (κ3) is 6.32. The Morgan fingerprint density at radius 1 is 1.18 bits per heavy atom. The van der Waals surface area contributed by atoms with Crippen LogP contribution in [0.4, 0.5) is 16.3 Å². The van der Waals surface area contributed by atoms with Gasteiger partial charge >= 0.3 is 12.1 Å². The number of nitrogens with zero attached hydrogens (tertiary/aromatic N) is 4. The van der Waals surface area contributed by atoms with E-state index >= 15 is 0 Å². The summed E-state index contributed by atoms with van der Waals surface area (Å²) in [5.41, 5.74) is 3.29. The van der Waals surface area contributed by atoms with E-state index in [-0.39, 0.29) is 24.1 Å². The van der Waals surface area contributed by atoms with Gasteiger partial charge < -0.3 is 25.2 Å². The average molecular weight is 539 g/mol. The lowest BCUT2D eigenvalue weighted by Gasteiger charge is -2.19. The second-order valence-electron chi connectivity index (χ2n) is 9.13. The van der Waals surface area contributed by atoms with Gasteiger partial charge in [-0.15, -0.1) is 0 Å². The summed E-state index contributed by atoms with van der Waals surface area (Å²) in [6, 6.07) is 5.59. The van der Waals surface area contributed by atoms with E-state index in [0.29, 0.717) is 34.6 Å². The molecule has 1 saturated carbocycles. The molecule has 0 radical (unpaired) electrons. The summed E-state index contributed by atoms with van der Waals surface area (Å²) in [7, 11) is 0. The van der Waals surface area contributed by atoms with Crippen LogP contribution in [-0.4, -0.2) is 74.5 Å². The first kappa shape index (κ1) is 27.5. The zero-order chi connectivity index (χ0) is 28.1. The number of hydrogen-bond donors (Lipinski definition) is 3. The predicted octanol–water partition coefficient (Wildman–Crippen LogP) is 2.46. The van der Waals surface area contributed by atoms with Gasteiger partial charge in [-0.1, -0.05) is 13.0 Å². The molecule has 1 fully saturated rings. The van der Waals surface area contributed by atoms with Crippen LogP contribution in [0.15, 0.2) is 30.7 Å². The number of fused-ring (bicyclic) bond motifs is 1. The Balaban J connectivity index is 1.59. The van der Waals surface area contributed by atoms with Gasteiger partial charge in [0.2, 0.25) is 6.79 Å². The van der Waals surface area contributed by atoms with E-state index in [0.717, 1.165) is 23.3 Å². The fourth-order valence-corrected chi connectivity index (χ4v) is 3.90. The standard InChI is InChI=1S/C26H30N6O7/c1-4-9-31(26(37)39-14-38-21(34)12-33)25(36)19-11-32-22(16(19)3)23(27-13-28-32)30-20-10-17(6-5-15(20)2)24(35)29-18-7-8-18/h5-6,10-11,13,18,33H,4,7-9,12,14H2,1-3H3,(H,29,35)(H,27,28,30). The van der Waals surface area contributed by atoms with Crippen molar-refractivity contribution in [3.05, 3.63) is 53.0 Å². The molecule has 0 atom stereocenters. The highest BCUT2D eigenvalue weighted by Gasteiger charge is 2.28. The number of anilines is 2. The molecule has 13 nitrogen and oxygen atoms in total. The second kappa shape index (κ2) is 11.9. The van der Waals surface area contributed by atoms with Gasteiger partial charge in [0.15, 0.2) is 5.82 Å². The molecule has 1 aromatic carbocycles. The number of aromatic nitrogens is 3. The van der Waals surface area contributed by atoms with Crippen LogP contribution in [-0.2, 0) is 14.3 Å². The molecule has 1 aliphatic carbocycles. The SMILES string of the molecule is CCCN(C(=O)OCOC(=O)CO)C(=O)c1cn2ncnc(Nc3cc(C(=O)NC4CC4)ccc3C)c2c1C. The number of aliphatic hydroxyl groups excluding tert-OH is 1. The summed E-state index contributed by atoms with van der Waals surface area (Å²) in [5.74, 6) is -1.33. The van der Waals surface area contributed by atoms with E-state index in [9.17, 15) is 19.2 Å². The minimum absolute atomic E-state index is 0.0585. The lowest BCUT2D eigenvalue weighted by Crippen LogP contribution is -2.38. The van der Waals surface area contributed by atoms with E-state index in [1.165, 1.54) is 17.0 Å². The maximum atomic E-state index is 13.4. The van der Waals surface area contributed by atoms with Gasteiger partial charge in [0.1, 0.15) is 18.5 Å². The van der Waals surface area contributed by atoms with Crippen LogP contribution in [0.25, 0.3) is 5.52 Å². The van der Waals surface area contributed by atoms with Crippen molar-refractivity contribution in [2.45, 2.75) is 46.1 Å². The molecule has 13 heteroatoms. The fraction of sp³-hybridized carbons (Fsp3) is 0.385. The summed E-state index contributed by atoms with van der Waals surface area (Å²) >= 11 is 0. The molecule has 0 unspecified atom stereocenters. The van der Waals surface area contributed by atoms with Gasteiger partial charge in [-0.2, -0.15) is 5.10 Å². The average Bonchev–Trinajstić information content (AvgIpc) is 3.67. The molecular weight excluding hydrogens is 508 g/mol. The van der Waals surface area contributed by atoms with E-state index in [1.54, 1.807) is 26.0 Å². The minimum atomic E-state index is -0.997. The number of amides is 3. The molecule has 39 heavy (non-hydrogen) atoms. The molecule has 0 saturated heterocycles. The molecule has 4 rings (SSSR count). The number of nitrogens with one attached hydrogen (secondary N) is 2. The summed E-state index contributed by atoms with van der Waals surface area (Å²) in [6.45, 7) is 3.86. The van der Waals surface area contributed by atoms with Crippen molar-refractivity contribution in [2.75, 3.05) is 25.3 Å². The lowest BCUT2D eigenvalue weighted by molar-refractivity contribution is -0.155. The molecule has 0 bridgehead atoms. The third-order valence-electron chi connectivity index (χ3n) is 6.17. The molecule has 1 aliphatic rings. The monoisotopic (exact) mass is 538 g/mol. The number of carbonyl (C=O) groups is 4. The first-order chi connectivity index (χ1) is 18.7. The van der Waals surface area contributed by atoms with E-state index < -0.39 is 31.4 Å². The number of aryl methyl sites for hydroxylation is 2. The topological polar surface area (TPSA) is 164 Å². The van der Waals surface area contributed by atoms with Crippen molar-refractivity contribution in [2.24, 2.45) is 0 Å². The molecule has 0 spiro atoms. The van der Waals surface area contributed by atoms with Crippen molar-refractivity contribution < 1.29 is 33.8 Å². The van der Waals surface area contributed by atoms with Crippen molar-refractivity contribution in [1.29, 1.82) is 0 Å². The van der Waals surface area contributed by atoms with Gasteiger partial charge in [0, 0.05) is 30.0 Å². The highest BCUT2D eigenvalue weighted by molar-refractivity contribution is 6.05. The van der Waals surface area contributed by atoms with Crippen LogP contribution in [0, 0.1) is 13.8 Å². The third-order valence-corrected chi connectivity index (χ3v) is 6.17. The van der Waals surface area contributed by atoms with E-state index in [4.69, 9.17) is 9.84 Å². The number of imide groups is 1. The Kier molecular flexibility index (Phi) is 8.39. The molecule has 3 aromatic rings. The number of aliphatic hydroxyl groups is 1. The molecule has 2 aromatic heterocycles. The largest absolute Gasteiger partial charge is 0.426 e. The molecule has 2 heterocycles. The Morgan fingerprint density at radius 2 is 1.95 bits per heavy atom. The Hall–Kier alpha value is -4.52. The van der Waals surface area contributed by atoms with Crippen LogP contribution in [0.3, 0.4) is 0 Å². The summed E-state index contributed by atoms with van der Waals surface area (Å²) in [6.07, 6.45) is 4.26. The van der Waals surface area contributed by atoms with E-state index in [2.05, 4.69) is 25.5 Å². The smallest absolute Gasteiger partial charge is 0.419 e. The summed E-state index contributed by atoms with van der Waals surface area (Å²) < 4.78 is 10.9. The number of carbonyl (C=O) groups excluding carboxylic acids is 4. The quantitative estimate of drug-likeness (QED) is 0.258. The Labute approximate surface area is 224 Å². The maximum Gasteiger partial charge on any atom is 0.419 e. The molecule has 0 aliphatic heterocycles. The number of hydrogen-bond acceptors (Lipinski definition) is 10. The van der Waals surface area contributed by atoms with E-state index in [1.807, 2.05) is 13.0 Å². The highest BCUT2D eigenvalue weighted by atomic mass is 16.7. The Bertz CT molecular complexity index is 1420. The van der Waals surface area contributed by atoms with Crippen LogP contribution in [0.1, 0.15) is 58.0 Å². The van der Waals surface area contributed by atoms with Crippen LogP contribution in [0.5, 0.6) is 0 Å². The van der Waals surface area contributed by atoms with Crippen molar-refractivity contribution in [3.63, 3.8) is 0 Å². The zero-order valence-electron chi connectivity index (χ0n) is 21.9. The first-order valence-electron chi connectivity index (χ1n) is 12.5. The van der Waals surface area contributed by atoms with Crippen molar-refractivity contribution in [3.8, 4) is 0 Å². The number of esters is 1. The van der Waals surface area contributed by atoms with Crippen molar-refractivity contribution in [1.82, 2.24) is 24.8 Å². The lowest BCUT2D eigenvalue weighted by atomic mass is 10.1. The van der Waals surface area contributed by atoms with Gasteiger partial charge in [0.05, 0.1) is 5.56 Å². The normalized spacial score (nSPS) is 12.6. The number of ether oxygens (including phenoxy) is 2. The van der Waals surface area contributed by atoms with Gasteiger partial charge in [-0.25, -0.2) is 24.0 Å². The van der Waals surface area contributed by atoms with Crippen LogP contribution in [0.2, 0.25) is 0 Å². The van der Waals surface area contributed by atoms with Crippen molar-refractivity contribution >= 4 is 40.9 Å². The van der Waals surface area contributed by atoms with Gasteiger partial charge in [-0.05, 0) is 56.4 Å². The number of rotatable bonds is 10. The molecular formula is C26H30N6O7. The van der Waals surface area contributed by atoms with Crippen LogP contribution < -0.4 is 10.6 Å². The maximum absolute atomic E-state index is 13.4. The highest BCUT2D eigenvalue weighted by Crippen LogP contribution is 2.28. The molecule has 3 amide bonds. The number of benzene rings is 1. The molecule has 3 N–H and O–H groups in total. The summed E-state index contributed by atoms with van der Waals surface area (Å²) in [5, 5.41) is 19.2. The predicted molar refractivity (Wildman–Crippen MR) is 139 cm³/mol. The fourth-order valence-electron chi connectivity index (χ4n) is 3.90. The summed E-state index contributed by atoms with van der Waals surface area (Å²) in [4.78, 5) is 54.9. The zero-order valence-corrected chi connectivity index (χ0v) is 21.9.